The number of nitrogens with one attached hydrogen (secondary N) is 1. The number of rotatable bonds is 10. The first-order valence-corrected chi connectivity index (χ1v) is 11.8. The number of alkyl halides is 1. The number of fused-ring (bicyclic) bond motifs is 1. The topological polar surface area (TPSA) is 79.4 Å². The second-order valence-corrected chi connectivity index (χ2v) is 9.99. The summed E-state index contributed by atoms with van der Waals surface area (Å²) in [5.41, 5.74) is 0.644. The molecule has 1 amide bonds. The fraction of sp³-hybridized carbons (Fsp3) is 0.556. The maximum atomic E-state index is 13.1. The standard InChI is InChI=1S/C18H26ClN3O3S2/c1-4-6-10-22(11-7-5-2)27(24,25)14-8-9-15-16(12-14)26-18(20-15)21-17(23)13(3)19/h8-9,12-13H,4-7,10-11H2,1-3H3,(H,20,21,23). The number of thiazole rings is 1. The molecule has 0 saturated heterocycles. The second-order valence-electron chi connectivity index (χ2n) is 6.36. The van der Waals surface area contributed by atoms with Crippen molar-refractivity contribution >= 4 is 54.2 Å². The van der Waals surface area contributed by atoms with Crippen molar-refractivity contribution in [1.29, 1.82) is 0 Å². The molecule has 1 N–H and O–H groups in total. The highest BCUT2D eigenvalue weighted by molar-refractivity contribution is 7.89. The van der Waals surface area contributed by atoms with Gasteiger partial charge in [-0.2, -0.15) is 4.31 Å². The Bertz CT molecular complexity index is 873. The molecular weight excluding hydrogens is 406 g/mol. The van der Waals surface area contributed by atoms with E-state index in [0.29, 0.717) is 28.4 Å². The summed E-state index contributed by atoms with van der Waals surface area (Å²) in [5, 5.41) is 2.38. The average molecular weight is 432 g/mol. The summed E-state index contributed by atoms with van der Waals surface area (Å²) in [6.45, 7) is 6.72. The van der Waals surface area contributed by atoms with Crippen LogP contribution in [0, 0.1) is 0 Å². The van der Waals surface area contributed by atoms with Crippen LogP contribution in [0.15, 0.2) is 23.1 Å². The Morgan fingerprint density at radius 3 is 2.44 bits per heavy atom. The van der Waals surface area contributed by atoms with Crippen molar-refractivity contribution in [2.45, 2.75) is 56.7 Å². The Balaban J connectivity index is 2.31. The van der Waals surface area contributed by atoms with Gasteiger partial charge in [0.1, 0.15) is 5.38 Å². The molecule has 0 saturated carbocycles. The molecule has 0 spiro atoms. The van der Waals surface area contributed by atoms with E-state index in [-0.39, 0.29) is 10.8 Å². The van der Waals surface area contributed by atoms with Gasteiger partial charge in [0.05, 0.1) is 15.1 Å². The molecule has 0 fully saturated rings. The third kappa shape index (κ3) is 5.63. The van der Waals surface area contributed by atoms with Gasteiger partial charge in [-0.25, -0.2) is 13.4 Å². The molecule has 2 aromatic rings. The molecule has 1 atom stereocenters. The van der Waals surface area contributed by atoms with E-state index in [2.05, 4.69) is 10.3 Å². The van der Waals surface area contributed by atoms with E-state index in [4.69, 9.17) is 11.6 Å². The summed E-state index contributed by atoms with van der Waals surface area (Å²) in [6.07, 6.45) is 3.54. The number of hydrogen-bond acceptors (Lipinski definition) is 5. The number of amides is 1. The second kappa shape index (κ2) is 9.82. The number of carbonyl (C=O) groups is 1. The molecule has 1 aromatic carbocycles. The van der Waals surface area contributed by atoms with Crippen LogP contribution in [0.25, 0.3) is 10.2 Å². The van der Waals surface area contributed by atoms with Crippen molar-refractivity contribution < 1.29 is 13.2 Å². The number of hydrogen-bond donors (Lipinski definition) is 1. The van der Waals surface area contributed by atoms with Gasteiger partial charge in [0, 0.05) is 13.1 Å². The monoisotopic (exact) mass is 431 g/mol. The number of nitrogens with zero attached hydrogens (tertiary/aromatic N) is 2. The van der Waals surface area contributed by atoms with Crippen molar-refractivity contribution in [2.75, 3.05) is 18.4 Å². The highest BCUT2D eigenvalue weighted by Crippen LogP contribution is 2.29. The van der Waals surface area contributed by atoms with Crippen LogP contribution in [0.2, 0.25) is 0 Å². The van der Waals surface area contributed by atoms with Crippen LogP contribution in [-0.4, -0.2) is 42.1 Å². The highest BCUT2D eigenvalue weighted by atomic mass is 35.5. The van der Waals surface area contributed by atoms with Crippen LogP contribution < -0.4 is 5.32 Å². The van der Waals surface area contributed by atoms with E-state index in [1.165, 1.54) is 11.3 Å². The van der Waals surface area contributed by atoms with Gasteiger partial charge in [-0.05, 0) is 38.0 Å². The first-order chi connectivity index (χ1) is 12.8. The minimum absolute atomic E-state index is 0.259. The number of sulfonamides is 1. The van der Waals surface area contributed by atoms with Crippen LogP contribution in [-0.2, 0) is 14.8 Å². The number of aromatic nitrogens is 1. The Kier molecular flexibility index (Phi) is 8.03. The van der Waals surface area contributed by atoms with Crippen molar-refractivity contribution in [3.63, 3.8) is 0 Å². The maximum Gasteiger partial charge on any atom is 0.243 e. The van der Waals surface area contributed by atoms with Crippen molar-refractivity contribution in [3.05, 3.63) is 18.2 Å². The molecule has 6 nitrogen and oxygen atoms in total. The number of carbonyl (C=O) groups excluding carboxylic acids is 1. The molecule has 0 radical (unpaired) electrons. The molecule has 9 heteroatoms. The Morgan fingerprint density at radius 2 is 1.89 bits per heavy atom. The average Bonchev–Trinajstić information content (AvgIpc) is 3.02. The largest absolute Gasteiger partial charge is 0.301 e. The quantitative estimate of drug-likeness (QED) is 0.563. The number of benzene rings is 1. The minimum atomic E-state index is -3.56. The lowest BCUT2D eigenvalue weighted by atomic mass is 10.3. The maximum absolute atomic E-state index is 13.1. The first kappa shape index (κ1) is 22.1. The van der Waals surface area contributed by atoms with Crippen LogP contribution in [0.4, 0.5) is 5.13 Å². The van der Waals surface area contributed by atoms with E-state index in [9.17, 15) is 13.2 Å². The van der Waals surface area contributed by atoms with Gasteiger partial charge in [0.25, 0.3) is 0 Å². The smallest absolute Gasteiger partial charge is 0.243 e. The zero-order chi connectivity index (χ0) is 20.0. The predicted molar refractivity (Wildman–Crippen MR) is 112 cm³/mol. The molecule has 0 aliphatic heterocycles. The molecule has 1 heterocycles. The lowest BCUT2D eigenvalue weighted by Gasteiger charge is -2.21. The van der Waals surface area contributed by atoms with Crippen LogP contribution in [0.1, 0.15) is 46.5 Å². The Labute approximate surface area is 170 Å². The normalized spacial score (nSPS) is 13.2. The van der Waals surface area contributed by atoms with E-state index in [0.717, 1.165) is 25.7 Å². The summed E-state index contributed by atoms with van der Waals surface area (Å²) < 4.78 is 28.4. The SMILES string of the molecule is CCCCN(CCCC)S(=O)(=O)c1ccc2nc(NC(=O)C(C)Cl)sc2c1. The van der Waals surface area contributed by atoms with Gasteiger partial charge in [-0.1, -0.05) is 38.0 Å². The molecule has 1 unspecified atom stereocenters. The van der Waals surface area contributed by atoms with E-state index in [1.807, 2.05) is 13.8 Å². The summed E-state index contributed by atoms with van der Waals surface area (Å²) in [7, 11) is -3.56. The lowest BCUT2D eigenvalue weighted by Crippen LogP contribution is -2.33. The minimum Gasteiger partial charge on any atom is -0.301 e. The predicted octanol–water partition coefficient (Wildman–Crippen LogP) is 4.45. The van der Waals surface area contributed by atoms with Crippen molar-refractivity contribution in [1.82, 2.24) is 9.29 Å². The summed E-state index contributed by atoms with van der Waals surface area (Å²) in [6, 6.07) is 4.89. The zero-order valence-corrected chi connectivity index (χ0v) is 18.3. The summed E-state index contributed by atoms with van der Waals surface area (Å²) in [5.74, 6) is -0.339. The third-order valence-electron chi connectivity index (χ3n) is 4.11. The van der Waals surface area contributed by atoms with E-state index in [1.54, 1.807) is 29.4 Å². The fourth-order valence-corrected chi connectivity index (χ4v) is 5.07. The Hall–Kier alpha value is -1.22. The van der Waals surface area contributed by atoms with Crippen molar-refractivity contribution in [2.24, 2.45) is 0 Å². The van der Waals surface area contributed by atoms with Gasteiger partial charge in [0.2, 0.25) is 15.9 Å². The van der Waals surface area contributed by atoms with E-state index >= 15 is 0 Å². The van der Waals surface area contributed by atoms with Crippen LogP contribution in [0.5, 0.6) is 0 Å². The first-order valence-electron chi connectivity index (χ1n) is 9.15. The summed E-state index contributed by atoms with van der Waals surface area (Å²) >= 11 is 7.00. The zero-order valence-electron chi connectivity index (χ0n) is 15.9. The van der Waals surface area contributed by atoms with Gasteiger partial charge in [-0.15, -0.1) is 11.6 Å². The molecule has 0 aliphatic carbocycles. The van der Waals surface area contributed by atoms with E-state index < -0.39 is 15.4 Å². The van der Waals surface area contributed by atoms with Crippen LogP contribution >= 0.6 is 22.9 Å². The fourth-order valence-electron chi connectivity index (χ4n) is 2.49. The lowest BCUT2D eigenvalue weighted by molar-refractivity contribution is -0.115. The molecule has 27 heavy (non-hydrogen) atoms. The molecule has 0 aliphatic rings. The molecule has 150 valence electrons. The molecular formula is C18H26ClN3O3S2. The van der Waals surface area contributed by atoms with Gasteiger partial charge < -0.3 is 5.32 Å². The summed E-state index contributed by atoms with van der Waals surface area (Å²) in [4.78, 5) is 16.3. The van der Waals surface area contributed by atoms with Gasteiger partial charge in [0.15, 0.2) is 5.13 Å². The van der Waals surface area contributed by atoms with Crippen LogP contribution in [0.3, 0.4) is 0 Å². The number of anilines is 1. The molecule has 2 rings (SSSR count). The number of unbranched alkanes of at least 4 members (excludes halogenated alkanes) is 2. The number of halogens is 1. The molecule has 0 bridgehead atoms. The van der Waals surface area contributed by atoms with Gasteiger partial charge in [-0.3, -0.25) is 4.79 Å². The Morgan fingerprint density at radius 1 is 1.26 bits per heavy atom. The molecule has 1 aromatic heterocycles. The van der Waals surface area contributed by atoms with Gasteiger partial charge >= 0.3 is 0 Å². The van der Waals surface area contributed by atoms with Crippen molar-refractivity contribution in [3.8, 4) is 0 Å². The highest BCUT2D eigenvalue weighted by Gasteiger charge is 2.24. The third-order valence-corrected chi connectivity index (χ3v) is 7.14.